The largest absolute Gasteiger partial charge is 0.395 e. The first-order valence-corrected chi connectivity index (χ1v) is 5.22. The van der Waals surface area contributed by atoms with Gasteiger partial charge in [0.1, 0.15) is 0 Å². The molecule has 0 heterocycles. The predicted molar refractivity (Wildman–Crippen MR) is 61.8 cm³/mol. The maximum absolute atomic E-state index is 11.6. The smallest absolute Gasteiger partial charge is 0.237 e. The molecule has 2 N–H and O–H groups in total. The van der Waals surface area contributed by atoms with Crippen molar-refractivity contribution in [1.29, 1.82) is 0 Å². The number of amides is 1. The first-order chi connectivity index (χ1) is 7.67. The van der Waals surface area contributed by atoms with Gasteiger partial charge in [-0.3, -0.25) is 9.69 Å². The number of carbonyl (C=O) groups excluding carboxylic acids is 1. The molecule has 1 amide bonds. The monoisotopic (exact) mass is 228 g/mol. The molecule has 0 rings (SSSR count). The third-order valence-electron chi connectivity index (χ3n) is 2.26. The highest BCUT2D eigenvalue weighted by atomic mass is 16.5. The summed E-state index contributed by atoms with van der Waals surface area (Å²) in [5, 5.41) is 11.5. The van der Waals surface area contributed by atoms with Crippen LogP contribution in [-0.4, -0.2) is 61.9 Å². The number of methoxy groups -OCH3 is 1. The van der Waals surface area contributed by atoms with Crippen LogP contribution in [0.2, 0.25) is 0 Å². The van der Waals surface area contributed by atoms with Crippen LogP contribution in [0.3, 0.4) is 0 Å². The minimum atomic E-state index is -0.323. The fourth-order valence-electron chi connectivity index (χ4n) is 1.29. The molecule has 5 heteroatoms. The Balaban J connectivity index is 4.18. The van der Waals surface area contributed by atoms with Crippen molar-refractivity contribution in [3.8, 4) is 12.3 Å². The van der Waals surface area contributed by atoms with Gasteiger partial charge in [0, 0.05) is 20.2 Å². The lowest BCUT2D eigenvalue weighted by molar-refractivity contribution is -0.126. The van der Waals surface area contributed by atoms with Crippen molar-refractivity contribution in [1.82, 2.24) is 10.2 Å². The Morgan fingerprint density at radius 1 is 1.62 bits per heavy atom. The standard InChI is InChI=1S/C11H20N2O3/c1-4-5-12-11(15)10(2)13(6-8-14)7-9-16-3/h1,10,14H,5-9H2,2-3H3,(H,12,15). The lowest BCUT2D eigenvalue weighted by atomic mass is 10.2. The quantitative estimate of drug-likeness (QED) is 0.527. The van der Waals surface area contributed by atoms with E-state index in [4.69, 9.17) is 16.3 Å². The molecule has 0 aliphatic carbocycles. The molecule has 16 heavy (non-hydrogen) atoms. The summed E-state index contributed by atoms with van der Waals surface area (Å²) in [5.41, 5.74) is 0. The summed E-state index contributed by atoms with van der Waals surface area (Å²) in [7, 11) is 1.60. The summed E-state index contributed by atoms with van der Waals surface area (Å²) in [4.78, 5) is 13.5. The molecule has 0 radical (unpaired) electrons. The predicted octanol–water partition coefficient (Wildman–Crippen LogP) is -0.935. The summed E-state index contributed by atoms with van der Waals surface area (Å²) < 4.78 is 4.94. The SMILES string of the molecule is C#CCNC(=O)C(C)N(CCO)CCOC. The third kappa shape index (κ3) is 5.71. The molecule has 1 unspecified atom stereocenters. The molecule has 0 aliphatic heterocycles. The highest BCUT2D eigenvalue weighted by molar-refractivity contribution is 5.81. The van der Waals surface area contributed by atoms with Crippen LogP contribution in [0.1, 0.15) is 6.92 Å². The zero-order valence-corrected chi connectivity index (χ0v) is 9.90. The van der Waals surface area contributed by atoms with Crippen molar-refractivity contribution < 1.29 is 14.6 Å². The Morgan fingerprint density at radius 2 is 2.31 bits per heavy atom. The summed E-state index contributed by atoms with van der Waals surface area (Å²) in [6.07, 6.45) is 5.05. The van der Waals surface area contributed by atoms with E-state index in [1.165, 1.54) is 0 Å². The van der Waals surface area contributed by atoms with Crippen LogP contribution in [0.5, 0.6) is 0 Å². The van der Waals surface area contributed by atoms with Gasteiger partial charge in [-0.15, -0.1) is 6.42 Å². The fourth-order valence-corrected chi connectivity index (χ4v) is 1.29. The number of rotatable bonds is 8. The number of hydrogen-bond donors (Lipinski definition) is 2. The van der Waals surface area contributed by atoms with Crippen LogP contribution in [0, 0.1) is 12.3 Å². The van der Waals surface area contributed by atoms with E-state index in [-0.39, 0.29) is 25.1 Å². The van der Waals surface area contributed by atoms with Crippen molar-refractivity contribution in [3.05, 3.63) is 0 Å². The number of nitrogens with one attached hydrogen (secondary N) is 1. The fraction of sp³-hybridized carbons (Fsp3) is 0.727. The highest BCUT2D eigenvalue weighted by Crippen LogP contribution is 1.98. The number of aliphatic hydroxyl groups is 1. The summed E-state index contributed by atoms with van der Waals surface area (Å²) in [6.45, 7) is 3.57. The van der Waals surface area contributed by atoms with Crippen molar-refractivity contribution >= 4 is 5.91 Å². The number of ether oxygens (including phenoxy) is 1. The van der Waals surface area contributed by atoms with Gasteiger partial charge in [-0.2, -0.15) is 0 Å². The highest BCUT2D eigenvalue weighted by Gasteiger charge is 2.19. The lowest BCUT2D eigenvalue weighted by Crippen LogP contribution is -2.47. The van der Waals surface area contributed by atoms with E-state index in [1.807, 2.05) is 4.90 Å². The molecule has 5 nitrogen and oxygen atoms in total. The second-order valence-electron chi connectivity index (χ2n) is 3.35. The summed E-state index contributed by atoms with van der Waals surface area (Å²) in [5.74, 6) is 2.21. The normalized spacial score (nSPS) is 12.2. The van der Waals surface area contributed by atoms with Crippen LogP contribution in [0.25, 0.3) is 0 Å². The van der Waals surface area contributed by atoms with Gasteiger partial charge in [-0.1, -0.05) is 5.92 Å². The third-order valence-corrected chi connectivity index (χ3v) is 2.26. The van der Waals surface area contributed by atoms with E-state index in [0.29, 0.717) is 19.7 Å². The molecule has 0 saturated heterocycles. The minimum Gasteiger partial charge on any atom is -0.395 e. The molecule has 1 atom stereocenters. The van der Waals surface area contributed by atoms with E-state index in [0.717, 1.165) is 0 Å². The Kier molecular flexibility index (Phi) is 8.53. The topological polar surface area (TPSA) is 61.8 Å². The van der Waals surface area contributed by atoms with E-state index < -0.39 is 0 Å². The Labute approximate surface area is 96.8 Å². The number of aliphatic hydroxyl groups excluding tert-OH is 1. The number of nitrogens with zero attached hydrogens (tertiary/aromatic N) is 1. The van der Waals surface area contributed by atoms with Gasteiger partial charge in [-0.05, 0) is 6.92 Å². The van der Waals surface area contributed by atoms with Crippen LogP contribution in [0.15, 0.2) is 0 Å². The van der Waals surface area contributed by atoms with Crippen LogP contribution in [0.4, 0.5) is 0 Å². The van der Waals surface area contributed by atoms with Gasteiger partial charge >= 0.3 is 0 Å². The van der Waals surface area contributed by atoms with E-state index in [1.54, 1.807) is 14.0 Å². The van der Waals surface area contributed by atoms with Gasteiger partial charge in [-0.25, -0.2) is 0 Å². The van der Waals surface area contributed by atoms with E-state index in [9.17, 15) is 4.79 Å². The van der Waals surface area contributed by atoms with Crippen molar-refractivity contribution in [3.63, 3.8) is 0 Å². The molecule has 0 bridgehead atoms. The number of carbonyl (C=O) groups is 1. The average molecular weight is 228 g/mol. The second-order valence-corrected chi connectivity index (χ2v) is 3.35. The van der Waals surface area contributed by atoms with Gasteiger partial charge in [0.2, 0.25) is 5.91 Å². The first-order valence-electron chi connectivity index (χ1n) is 5.22. The van der Waals surface area contributed by atoms with Gasteiger partial charge in [0.25, 0.3) is 0 Å². The summed E-state index contributed by atoms with van der Waals surface area (Å²) in [6, 6.07) is -0.323. The molecule has 0 spiro atoms. The molecular formula is C11H20N2O3. The molecule has 92 valence electrons. The Morgan fingerprint density at radius 3 is 2.81 bits per heavy atom. The molecule has 0 aromatic rings. The number of terminal acetylenes is 1. The van der Waals surface area contributed by atoms with E-state index >= 15 is 0 Å². The van der Waals surface area contributed by atoms with Crippen LogP contribution >= 0.6 is 0 Å². The Hall–Kier alpha value is -1.09. The molecular weight excluding hydrogens is 208 g/mol. The van der Waals surface area contributed by atoms with Crippen molar-refractivity contribution in [2.24, 2.45) is 0 Å². The van der Waals surface area contributed by atoms with E-state index in [2.05, 4.69) is 11.2 Å². The zero-order valence-electron chi connectivity index (χ0n) is 9.90. The van der Waals surface area contributed by atoms with Crippen LogP contribution in [-0.2, 0) is 9.53 Å². The first kappa shape index (κ1) is 14.9. The van der Waals surface area contributed by atoms with Crippen molar-refractivity contribution in [2.45, 2.75) is 13.0 Å². The molecule has 0 aromatic carbocycles. The van der Waals surface area contributed by atoms with Gasteiger partial charge in [0.05, 0.1) is 25.8 Å². The summed E-state index contributed by atoms with van der Waals surface area (Å²) >= 11 is 0. The number of hydrogen-bond acceptors (Lipinski definition) is 4. The van der Waals surface area contributed by atoms with Crippen LogP contribution < -0.4 is 5.32 Å². The molecule has 0 aromatic heterocycles. The molecule has 0 aliphatic rings. The Bertz CT molecular complexity index is 238. The molecule has 0 fully saturated rings. The van der Waals surface area contributed by atoms with Crippen molar-refractivity contribution in [2.75, 3.05) is 40.0 Å². The maximum atomic E-state index is 11.6. The van der Waals surface area contributed by atoms with Gasteiger partial charge < -0.3 is 15.2 Å². The average Bonchev–Trinajstić information content (AvgIpc) is 2.30. The minimum absolute atomic E-state index is 0.0104. The maximum Gasteiger partial charge on any atom is 0.237 e. The second kappa shape index (κ2) is 9.16. The lowest BCUT2D eigenvalue weighted by Gasteiger charge is -2.26. The molecule has 0 saturated carbocycles. The van der Waals surface area contributed by atoms with Gasteiger partial charge in [0.15, 0.2) is 0 Å². The zero-order chi connectivity index (χ0) is 12.4.